The molecule has 0 aromatic heterocycles. The molecule has 2 aliphatic rings. The number of rotatable bonds is 1. The standard InChI is InChI=1S/C15H24/c1-10(2)13-8-6-12(4)14-7-5-11(3)9-15(13)14/h9,12-15H,1,5-8H2,2-4H3/t12?,13-,14?,15?/m0/s1. The molecular weight excluding hydrogens is 180 g/mol. The zero-order chi connectivity index (χ0) is 11.0. The molecule has 1 fully saturated rings. The van der Waals surface area contributed by atoms with Gasteiger partial charge in [-0.15, -0.1) is 0 Å². The Morgan fingerprint density at radius 3 is 2.73 bits per heavy atom. The number of fused-ring (bicyclic) bond motifs is 1. The molecule has 0 aromatic carbocycles. The molecule has 1 saturated carbocycles. The first-order chi connectivity index (χ1) is 7.09. The van der Waals surface area contributed by atoms with Crippen molar-refractivity contribution in [1.29, 1.82) is 0 Å². The first kappa shape index (κ1) is 11.0. The maximum atomic E-state index is 4.19. The van der Waals surface area contributed by atoms with Crippen LogP contribution in [-0.4, -0.2) is 0 Å². The van der Waals surface area contributed by atoms with Crippen LogP contribution in [0.4, 0.5) is 0 Å². The lowest BCUT2D eigenvalue weighted by molar-refractivity contribution is 0.135. The summed E-state index contributed by atoms with van der Waals surface area (Å²) in [5.41, 5.74) is 3.01. The summed E-state index contributed by atoms with van der Waals surface area (Å²) in [4.78, 5) is 0. The fraction of sp³-hybridized carbons (Fsp3) is 0.733. The normalized spacial score (nSPS) is 40.6. The van der Waals surface area contributed by atoms with Crippen LogP contribution in [0.15, 0.2) is 23.8 Å². The van der Waals surface area contributed by atoms with E-state index in [1.54, 1.807) is 5.57 Å². The highest BCUT2D eigenvalue weighted by molar-refractivity contribution is 5.15. The summed E-state index contributed by atoms with van der Waals surface area (Å²) in [7, 11) is 0. The van der Waals surface area contributed by atoms with Crippen LogP contribution < -0.4 is 0 Å². The van der Waals surface area contributed by atoms with Crippen molar-refractivity contribution in [1.82, 2.24) is 0 Å². The summed E-state index contributed by atoms with van der Waals surface area (Å²) in [5.74, 6) is 3.43. The number of hydrogen-bond acceptors (Lipinski definition) is 0. The van der Waals surface area contributed by atoms with Crippen molar-refractivity contribution in [3.63, 3.8) is 0 Å². The topological polar surface area (TPSA) is 0 Å². The first-order valence-corrected chi connectivity index (χ1v) is 6.42. The molecule has 0 N–H and O–H groups in total. The second-order valence-corrected chi connectivity index (χ2v) is 5.80. The average Bonchev–Trinajstić information content (AvgIpc) is 2.17. The van der Waals surface area contributed by atoms with Gasteiger partial charge in [-0.25, -0.2) is 0 Å². The van der Waals surface area contributed by atoms with E-state index in [1.807, 2.05) is 0 Å². The summed E-state index contributed by atoms with van der Waals surface area (Å²) in [6.07, 6.45) is 8.07. The molecule has 3 unspecified atom stereocenters. The predicted octanol–water partition coefficient (Wildman–Crippen LogP) is 4.58. The number of allylic oxidation sites excluding steroid dienone is 3. The van der Waals surface area contributed by atoms with Gasteiger partial charge in [0.15, 0.2) is 0 Å². The fourth-order valence-corrected chi connectivity index (χ4v) is 3.62. The lowest BCUT2D eigenvalue weighted by Gasteiger charge is -2.44. The molecule has 0 radical (unpaired) electrons. The van der Waals surface area contributed by atoms with E-state index in [0.29, 0.717) is 0 Å². The molecule has 0 aromatic rings. The van der Waals surface area contributed by atoms with Gasteiger partial charge in [0.1, 0.15) is 0 Å². The quantitative estimate of drug-likeness (QED) is 0.548. The number of hydrogen-bond donors (Lipinski definition) is 0. The van der Waals surface area contributed by atoms with E-state index in [-0.39, 0.29) is 0 Å². The van der Waals surface area contributed by atoms with Gasteiger partial charge in [0.25, 0.3) is 0 Å². The third-order valence-electron chi connectivity index (χ3n) is 4.60. The Balaban J connectivity index is 2.24. The zero-order valence-electron chi connectivity index (χ0n) is 10.4. The maximum absolute atomic E-state index is 4.19. The lowest BCUT2D eigenvalue weighted by atomic mass is 9.61. The van der Waals surface area contributed by atoms with E-state index in [9.17, 15) is 0 Å². The van der Waals surface area contributed by atoms with Gasteiger partial charge in [-0.1, -0.05) is 30.7 Å². The summed E-state index contributed by atoms with van der Waals surface area (Å²) in [5, 5.41) is 0. The van der Waals surface area contributed by atoms with Crippen molar-refractivity contribution in [2.75, 3.05) is 0 Å². The van der Waals surface area contributed by atoms with Gasteiger partial charge in [-0.2, -0.15) is 0 Å². The lowest BCUT2D eigenvalue weighted by Crippen LogP contribution is -2.34. The molecule has 0 spiro atoms. The van der Waals surface area contributed by atoms with E-state index in [4.69, 9.17) is 0 Å². The Bertz CT molecular complexity index is 284. The SMILES string of the molecule is C=C(C)[C@@H]1CCC(C)C2CCC(C)=CC21. The van der Waals surface area contributed by atoms with Gasteiger partial charge in [0.2, 0.25) is 0 Å². The summed E-state index contributed by atoms with van der Waals surface area (Å²) >= 11 is 0. The molecule has 0 aliphatic heterocycles. The Morgan fingerprint density at radius 1 is 1.33 bits per heavy atom. The van der Waals surface area contributed by atoms with Crippen molar-refractivity contribution in [2.45, 2.75) is 46.5 Å². The maximum Gasteiger partial charge on any atom is -0.0134 e. The molecule has 0 bridgehead atoms. The zero-order valence-corrected chi connectivity index (χ0v) is 10.4. The third-order valence-corrected chi connectivity index (χ3v) is 4.60. The monoisotopic (exact) mass is 204 g/mol. The van der Waals surface area contributed by atoms with E-state index < -0.39 is 0 Å². The smallest absolute Gasteiger partial charge is 0.0134 e. The van der Waals surface area contributed by atoms with E-state index in [1.165, 1.54) is 31.3 Å². The highest BCUT2D eigenvalue weighted by atomic mass is 14.4. The average molecular weight is 204 g/mol. The van der Waals surface area contributed by atoms with Crippen LogP contribution in [0.3, 0.4) is 0 Å². The van der Waals surface area contributed by atoms with Crippen LogP contribution in [-0.2, 0) is 0 Å². The van der Waals surface area contributed by atoms with Crippen LogP contribution in [0.5, 0.6) is 0 Å². The van der Waals surface area contributed by atoms with Crippen LogP contribution in [0.25, 0.3) is 0 Å². The third kappa shape index (κ3) is 2.04. The molecule has 4 atom stereocenters. The molecule has 0 heterocycles. The molecule has 2 aliphatic carbocycles. The van der Waals surface area contributed by atoms with Crippen LogP contribution in [0, 0.1) is 23.7 Å². The minimum absolute atomic E-state index is 0.765. The highest BCUT2D eigenvalue weighted by Crippen LogP contribution is 2.47. The fourth-order valence-electron chi connectivity index (χ4n) is 3.62. The molecule has 2 rings (SSSR count). The van der Waals surface area contributed by atoms with E-state index in [2.05, 4.69) is 33.4 Å². The van der Waals surface area contributed by atoms with Crippen molar-refractivity contribution in [3.8, 4) is 0 Å². The molecule has 0 amide bonds. The van der Waals surface area contributed by atoms with Gasteiger partial charge < -0.3 is 0 Å². The molecule has 15 heavy (non-hydrogen) atoms. The van der Waals surface area contributed by atoms with Crippen molar-refractivity contribution in [2.24, 2.45) is 23.7 Å². The minimum atomic E-state index is 0.765. The summed E-state index contributed by atoms with van der Waals surface area (Å²) < 4.78 is 0. The van der Waals surface area contributed by atoms with Crippen molar-refractivity contribution < 1.29 is 0 Å². The van der Waals surface area contributed by atoms with E-state index >= 15 is 0 Å². The molecule has 0 nitrogen and oxygen atoms in total. The van der Waals surface area contributed by atoms with Crippen LogP contribution >= 0.6 is 0 Å². The molecule has 84 valence electrons. The van der Waals surface area contributed by atoms with Gasteiger partial charge in [-0.3, -0.25) is 0 Å². The van der Waals surface area contributed by atoms with Gasteiger partial charge in [-0.05, 0) is 63.2 Å². The van der Waals surface area contributed by atoms with Crippen LogP contribution in [0.2, 0.25) is 0 Å². The first-order valence-electron chi connectivity index (χ1n) is 6.42. The Labute approximate surface area is 94.5 Å². The second-order valence-electron chi connectivity index (χ2n) is 5.80. The van der Waals surface area contributed by atoms with Gasteiger partial charge in [0.05, 0.1) is 0 Å². The van der Waals surface area contributed by atoms with Gasteiger partial charge in [0, 0.05) is 0 Å². The van der Waals surface area contributed by atoms with Crippen molar-refractivity contribution >= 4 is 0 Å². The Hall–Kier alpha value is -0.520. The summed E-state index contributed by atoms with van der Waals surface area (Å²) in [6, 6.07) is 0. The van der Waals surface area contributed by atoms with Gasteiger partial charge >= 0.3 is 0 Å². The Kier molecular flexibility index (Phi) is 3.04. The largest absolute Gasteiger partial charge is 0.0998 e. The second kappa shape index (κ2) is 4.15. The van der Waals surface area contributed by atoms with Crippen molar-refractivity contribution in [3.05, 3.63) is 23.8 Å². The predicted molar refractivity (Wildman–Crippen MR) is 66.7 cm³/mol. The summed E-state index contributed by atoms with van der Waals surface area (Å²) in [6.45, 7) is 11.2. The minimum Gasteiger partial charge on any atom is -0.0998 e. The van der Waals surface area contributed by atoms with Crippen LogP contribution in [0.1, 0.15) is 46.5 Å². The van der Waals surface area contributed by atoms with E-state index in [0.717, 1.165) is 23.7 Å². The highest BCUT2D eigenvalue weighted by Gasteiger charge is 2.37. The molecule has 0 heteroatoms. The molecular formula is C15H24. The molecule has 0 saturated heterocycles. The Morgan fingerprint density at radius 2 is 2.07 bits per heavy atom.